The van der Waals surface area contributed by atoms with Crippen LogP contribution in [0.25, 0.3) is 0 Å². The second-order valence-electron chi connectivity index (χ2n) is 3.90. The number of amides is 1. The summed E-state index contributed by atoms with van der Waals surface area (Å²) in [6.45, 7) is 2.74. The lowest BCUT2D eigenvalue weighted by atomic mass is 10.1. The van der Waals surface area contributed by atoms with E-state index in [4.69, 9.17) is 10.5 Å². The standard InChI is InChI=1S/C10H16N4O2/c1-13-7-8(6-12-13)9(10(11)15)14-2-4-16-5-3-14/h6-7,9H,2-5H2,1H3,(H2,11,15). The molecule has 0 aliphatic carbocycles. The summed E-state index contributed by atoms with van der Waals surface area (Å²) >= 11 is 0. The number of carbonyl (C=O) groups excluding carboxylic acids is 1. The summed E-state index contributed by atoms with van der Waals surface area (Å²) in [4.78, 5) is 13.5. The molecule has 1 fully saturated rings. The van der Waals surface area contributed by atoms with Gasteiger partial charge in [0.2, 0.25) is 5.91 Å². The van der Waals surface area contributed by atoms with Gasteiger partial charge in [-0.15, -0.1) is 0 Å². The van der Waals surface area contributed by atoms with Gasteiger partial charge in [-0.1, -0.05) is 0 Å². The molecule has 6 nitrogen and oxygen atoms in total. The maximum atomic E-state index is 11.5. The summed E-state index contributed by atoms with van der Waals surface area (Å²) in [6.07, 6.45) is 3.51. The molecule has 1 aliphatic heterocycles. The van der Waals surface area contributed by atoms with E-state index in [0.29, 0.717) is 13.2 Å². The Balaban J connectivity index is 2.19. The van der Waals surface area contributed by atoms with Crippen LogP contribution in [0.3, 0.4) is 0 Å². The normalized spacial score (nSPS) is 19.6. The van der Waals surface area contributed by atoms with Crippen molar-refractivity contribution in [1.29, 1.82) is 0 Å². The van der Waals surface area contributed by atoms with Gasteiger partial charge < -0.3 is 10.5 Å². The summed E-state index contributed by atoms with van der Waals surface area (Å²) in [5.74, 6) is -0.338. The van der Waals surface area contributed by atoms with Crippen LogP contribution in [0.15, 0.2) is 12.4 Å². The fraction of sp³-hybridized carbons (Fsp3) is 0.600. The van der Waals surface area contributed by atoms with E-state index in [1.165, 1.54) is 0 Å². The van der Waals surface area contributed by atoms with Crippen LogP contribution in [0.4, 0.5) is 0 Å². The molecule has 1 saturated heterocycles. The topological polar surface area (TPSA) is 73.4 Å². The first-order valence-corrected chi connectivity index (χ1v) is 5.28. The molecule has 1 unspecified atom stereocenters. The average Bonchev–Trinajstić information content (AvgIpc) is 2.66. The quantitative estimate of drug-likeness (QED) is 0.735. The van der Waals surface area contributed by atoms with E-state index in [2.05, 4.69) is 5.10 Å². The largest absolute Gasteiger partial charge is 0.379 e. The van der Waals surface area contributed by atoms with E-state index in [0.717, 1.165) is 18.7 Å². The van der Waals surface area contributed by atoms with Crippen LogP contribution in [0.1, 0.15) is 11.6 Å². The van der Waals surface area contributed by atoms with Crippen molar-refractivity contribution in [3.8, 4) is 0 Å². The Bertz CT molecular complexity index is 371. The molecular weight excluding hydrogens is 208 g/mol. The number of hydrogen-bond donors (Lipinski definition) is 1. The Hall–Kier alpha value is -1.40. The molecule has 88 valence electrons. The predicted molar refractivity (Wildman–Crippen MR) is 57.5 cm³/mol. The highest BCUT2D eigenvalue weighted by Crippen LogP contribution is 2.20. The zero-order chi connectivity index (χ0) is 11.5. The minimum absolute atomic E-state index is 0.338. The molecule has 1 atom stereocenters. The number of nitrogens with two attached hydrogens (primary N) is 1. The maximum Gasteiger partial charge on any atom is 0.239 e. The molecule has 1 amide bonds. The van der Waals surface area contributed by atoms with Gasteiger partial charge in [-0.2, -0.15) is 5.10 Å². The number of rotatable bonds is 3. The maximum absolute atomic E-state index is 11.5. The Morgan fingerprint density at radius 3 is 2.75 bits per heavy atom. The van der Waals surface area contributed by atoms with Gasteiger partial charge in [-0.25, -0.2) is 0 Å². The van der Waals surface area contributed by atoms with Crippen LogP contribution in [-0.4, -0.2) is 46.9 Å². The van der Waals surface area contributed by atoms with Crippen LogP contribution < -0.4 is 5.73 Å². The second-order valence-corrected chi connectivity index (χ2v) is 3.90. The molecule has 0 radical (unpaired) electrons. The molecule has 1 aromatic heterocycles. The summed E-state index contributed by atoms with van der Waals surface area (Å²) in [7, 11) is 1.82. The van der Waals surface area contributed by atoms with Gasteiger partial charge in [0.05, 0.1) is 19.4 Å². The molecule has 0 saturated carbocycles. The first kappa shape index (κ1) is 11.1. The number of ether oxygens (including phenoxy) is 1. The van der Waals surface area contributed by atoms with Gasteiger partial charge >= 0.3 is 0 Å². The number of morpholine rings is 1. The summed E-state index contributed by atoms with van der Waals surface area (Å²) in [5, 5.41) is 4.07. The molecule has 2 heterocycles. The molecule has 1 aromatic rings. The van der Waals surface area contributed by atoms with Crippen molar-refractivity contribution >= 4 is 5.91 Å². The predicted octanol–water partition coefficient (Wildman–Crippen LogP) is -0.721. The molecule has 2 N–H and O–H groups in total. The lowest BCUT2D eigenvalue weighted by Crippen LogP contribution is -2.44. The van der Waals surface area contributed by atoms with Crippen molar-refractivity contribution in [2.24, 2.45) is 12.8 Å². The molecule has 0 spiro atoms. The third-order valence-corrected chi connectivity index (χ3v) is 2.72. The van der Waals surface area contributed by atoms with Gasteiger partial charge in [0, 0.05) is 31.9 Å². The fourth-order valence-electron chi connectivity index (χ4n) is 1.97. The minimum atomic E-state index is -0.391. The molecule has 0 bridgehead atoms. The molecule has 1 aliphatic rings. The molecule has 0 aromatic carbocycles. The van der Waals surface area contributed by atoms with Gasteiger partial charge in [-0.3, -0.25) is 14.4 Å². The Morgan fingerprint density at radius 1 is 1.56 bits per heavy atom. The lowest BCUT2D eigenvalue weighted by molar-refractivity contribution is -0.125. The van der Waals surface area contributed by atoms with Crippen molar-refractivity contribution in [3.05, 3.63) is 18.0 Å². The third-order valence-electron chi connectivity index (χ3n) is 2.72. The number of carbonyl (C=O) groups is 1. The second kappa shape index (κ2) is 4.63. The summed E-state index contributed by atoms with van der Waals surface area (Å²) in [6, 6.07) is -0.391. The summed E-state index contributed by atoms with van der Waals surface area (Å²) in [5.41, 5.74) is 6.29. The SMILES string of the molecule is Cn1cc(C(C(N)=O)N2CCOCC2)cn1. The smallest absolute Gasteiger partial charge is 0.239 e. The highest BCUT2D eigenvalue weighted by molar-refractivity contribution is 5.81. The molecular formula is C10H16N4O2. The zero-order valence-corrected chi connectivity index (χ0v) is 9.30. The number of aryl methyl sites for hydroxylation is 1. The van der Waals surface area contributed by atoms with Crippen LogP contribution in [0.5, 0.6) is 0 Å². The zero-order valence-electron chi connectivity index (χ0n) is 9.30. The number of nitrogens with zero attached hydrogens (tertiary/aromatic N) is 3. The Morgan fingerprint density at radius 2 is 2.25 bits per heavy atom. The first-order valence-electron chi connectivity index (χ1n) is 5.28. The highest BCUT2D eigenvalue weighted by Gasteiger charge is 2.28. The van der Waals surface area contributed by atoms with Crippen LogP contribution in [0, 0.1) is 0 Å². The van der Waals surface area contributed by atoms with Crippen LogP contribution in [0.2, 0.25) is 0 Å². The van der Waals surface area contributed by atoms with Crippen LogP contribution >= 0.6 is 0 Å². The number of aromatic nitrogens is 2. The Kier molecular flexibility index (Phi) is 3.21. The average molecular weight is 224 g/mol. The van der Waals surface area contributed by atoms with Crippen molar-refractivity contribution < 1.29 is 9.53 Å². The lowest BCUT2D eigenvalue weighted by Gasteiger charge is -2.31. The highest BCUT2D eigenvalue weighted by atomic mass is 16.5. The van der Waals surface area contributed by atoms with E-state index < -0.39 is 6.04 Å². The minimum Gasteiger partial charge on any atom is -0.379 e. The van der Waals surface area contributed by atoms with E-state index >= 15 is 0 Å². The van der Waals surface area contributed by atoms with E-state index in [9.17, 15) is 4.79 Å². The molecule has 2 rings (SSSR count). The van der Waals surface area contributed by atoms with Gasteiger partial charge in [0.25, 0.3) is 0 Å². The molecule has 6 heteroatoms. The van der Waals surface area contributed by atoms with Gasteiger partial charge in [0.1, 0.15) is 6.04 Å². The van der Waals surface area contributed by atoms with Gasteiger partial charge in [0.15, 0.2) is 0 Å². The molecule has 16 heavy (non-hydrogen) atoms. The van der Waals surface area contributed by atoms with E-state index in [1.807, 2.05) is 18.1 Å². The van der Waals surface area contributed by atoms with Crippen molar-refractivity contribution in [2.45, 2.75) is 6.04 Å². The van der Waals surface area contributed by atoms with E-state index in [-0.39, 0.29) is 5.91 Å². The van der Waals surface area contributed by atoms with Crippen molar-refractivity contribution in [3.63, 3.8) is 0 Å². The fourth-order valence-corrected chi connectivity index (χ4v) is 1.97. The van der Waals surface area contributed by atoms with Gasteiger partial charge in [-0.05, 0) is 0 Å². The van der Waals surface area contributed by atoms with Crippen molar-refractivity contribution in [2.75, 3.05) is 26.3 Å². The van der Waals surface area contributed by atoms with E-state index in [1.54, 1.807) is 10.9 Å². The third kappa shape index (κ3) is 2.23. The van der Waals surface area contributed by atoms with Crippen LogP contribution in [-0.2, 0) is 16.6 Å². The van der Waals surface area contributed by atoms with Crippen molar-refractivity contribution in [1.82, 2.24) is 14.7 Å². The summed E-state index contributed by atoms with van der Waals surface area (Å²) < 4.78 is 6.93. The Labute approximate surface area is 94.0 Å². The number of primary amides is 1. The monoisotopic (exact) mass is 224 g/mol. The first-order chi connectivity index (χ1) is 7.68. The number of hydrogen-bond acceptors (Lipinski definition) is 4.